The van der Waals surface area contributed by atoms with Crippen LogP contribution in [0.25, 0.3) is 0 Å². The Hall–Kier alpha value is -0.710. The molecule has 0 unspecified atom stereocenters. The second-order valence-electron chi connectivity index (χ2n) is 6.42. The minimum absolute atomic E-state index is 0.0638. The molecule has 1 N–H and O–H groups in total. The highest BCUT2D eigenvalue weighted by Crippen LogP contribution is 2.20. The molecule has 0 bridgehead atoms. The number of carbonyl (C=O) groups excluding carboxylic acids is 2. The van der Waals surface area contributed by atoms with Crippen molar-refractivity contribution in [3.63, 3.8) is 0 Å². The maximum atomic E-state index is 11.7. The van der Waals surface area contributed by atoms with Gasteiger partial charge in [-0.3, -0.25) is 9.59 Å². The Kier molecular flexibility index (Phi) is 6.17. The van der Waals surface area contributed by atoms with Crippen molar-refractivity contribution in [2.24, 2.45) is 11.3 Å². The number of rotatable bonds is 6. The second kappa shape index (κ2) is 7.17. The molecule has 1 aliphatic heterocycles. The van der Waals surface area contributed by atoms with Crippen molar-refractivity contribution in [2.45, 2.75) is 34.1 Å². The smallest absolute Gasteiger partial charge is 0.230 e. The Bertz CT molecular complexity index is 326. The van der Waals surface area contributed by atoms with Crippen LogP contribution in [0.5, 0.6) is 0 Å². The standard InChI is InChI=1S/C14H26N2O2S/c1-11-5-7-16(13(11)18)8-6-15-12(17)9-19-10-14(2,3)4/h11H,5-10H2,1-4H3,(H,15,17)/t11-/m1/s1. The van der Waals surface area contributed by atoms with Crippen molar-refractivity contribution in [1.29, 1.82) is 0 Å². The van der Waals surface area contributed by atoms with Gasteiger partial charge in [-0.05, 0) is 17.6 Å². The summed E-state index contributed by atoms with van der Waals surface area (Å²) in [5.41, 5.74) is 0.253. The molecule has 5 heteroatoms. The van der Waals surface area contributed by atoms with Crippen LogP contribution in [0, 0.1) is 11.3 Å². The lowest BCUT2D eigenvalue weighted by Gasteiger charge is -2.18. The summed E-state index contributed by atoms with van der Waals surface area (Å²) in [4.78, 5) is 25.1. The average molecular weight is 286 g/mol. The SMILES string of the molecule is C[C@@H]1CCN(CCNC(=O)CSCC(C)(C)C)C1=O. The number of hydrogen-bond donors (Lipinski definition) is 1. The molecule has 0 aliphatic carbocycles. The van der Waals surface area contributed by atoms with Gasteiger partial charge >= 0.3 is 0 Å². The van der Waals surface area contributed by atoms with E-state index in [-0.39, 0.29) is 23.1 Å². The third kappa shape index (κ3) is 6.32. The normalized spacial score (nSPS) is 19.9. The van der Waals surface area contributed by atoms with E-state index in [0.717, 1.165) is 18.7 Å². The Labute approximate surface area is 120 Å². The maximum absolute atomic E-state index is 11.7. The van der Waals surface area contributed by atoms with Gasteiger partial charge in [-0.2, -0.15) is 11.8 Å². The van der Waals surface area contributed by atoms with E-state index in [1.54, 1.807) is 11.8 Å². The Morgan fingerprint density at radius 3 is 2.68 bits per heavy atom. The zero-order valence-corrected chi connectivity index (χ0v) is 13.3. The van der Waals surface area contributed by atoms with Crippen LogP contribution in [-0.4, -0.2) is 47.9 Å². The van der Waals surface area contributed by atoms with Gasteiger partial charge in [-0.15, -0.1) is 0 Å². The summed E-state index contributed by atoms with van der Waals surface area (Å²) in [7, 11) is 0. The first-order valence-electron chi connectivity index (χ1n) is 6.93. The zero-order chi connectivity index (χ0) is 14.5. The first-order chi connectivity index (χ1) is 8.79. The molecule has 1 saturated heterocycles. The van der Waals surface area contributed by atoms with Crippen LogP contribution >= 0.6 is 11.8 Å². The molecule has 0 spiro atoms. The molecule has 0 aromatic carbocycles. The molecule has 1 aliphatic rings. The molecule has 1 rings (SSSR count). The Morgan fingerprint density at radius 1 is 1.47 bits per heavy atom. The maximum Gasteiger partial charge on any atom is 0.230 e. The minimum Gasteiger partial charge on any atom is -0.354 e. The third-order valence-corrected chi connectivity index (χ3v) is 4.57. The van der Waals surface area contributed by atoms with Gasteiger partial charge in [0.05, 0.1) is 5.75 Å². The number of hydrogen-bond acceptors (Lipinski definition) is 3. The van der Waals surface area contributed by atoms with Crippen molar-refractivity contribution in [1.82, 2.24) is 10.2 Å². The van der Waals surface area contributed by atoms with Crippen LogP contribution in [0.15, 0.2) is 0 Å². The van der Waals surface area contributed by atoms with Gasteiger partial charge in [0.1, 0.15) is 0 Å². The van der Waals surface area contributed by atoms with Crippen molar-refractivity contribution in [3.05, 3.63) is 0 Å². The fraction of sp³-hybridized carbons (Fsp3) is 0.857. The molecule has 2 amide bonds. The van der Waals surface area contributed by atoms with Crippen LogP contribution in [0.1, 0.15) is 34.1 Å². The summed E-state index contributed by atoms with van der Waals surface area (Å²) < 4.78 is 0. The molecule has 4 nitrogen and oxygen atoms in total. The molecule has 1 atom stereocenters. The number of amides is 2. The van der Waals surface area contributed by atoms with Crippen LogP contribution in [0.3, 0.4) is 0 Å². The highest BCUT2D eigenvalue weighted by Gasteiger charge is 2.27. The van der Waals surface area contributed by atoms with Gasteiger partial charge in [-0.1, -0.05) is 27.7 Å². The molecule has 0 aromatic heterocycles. The zero-order valence-electron chi connectivity index (χ0n) is 12.5. The van der Waals surface area contributed by atoms with E-state index < -0.39 is 0 Å². The first kappa shape index (κ1) is 16.3. The van der Waals surface area contributed by atoms with Crippen molar-refractivity contribution in [2.75, 3.05) is 31.1 Å². The van der Waals surface area contributed by atoms with Crippen LogP contribution in [0.4, 0.5) is 0 Å². The molecule has 1 fully saturated rings. The summed E-state index contributed by atoms with van der Waals surface area (Å²) in [5.74, 6) is 1.91. The van der Waals surface area contributed by atoms with Gasteiger partial charge in [0.25, 0.3) is 0 Å². The van der Waals surface area contributed by atoms with E-state index in [2.05, 4.69) is 26.1 Å². The molecule has 0 radical (unpaired) electrons. The molecular formula is C14H26N2O2S. The Morgan fingerprint density at radius 2 is 2.16 bits per heavy atom. The lowest BCUT2D eigenvalue weighted by atomic mass is 10.0. The molecule has 1 heterocycles. The number of likely N-dealkylation sites (tertiary alicyclic amines) is 1. The van der Waals surface area contributed by atoms with Gasteiger partial charge in [0, 0.05) is 25.6 Å². The van der Waals surface area contributed by atoms with E-state index in [1.165, 1.54) is 0 Å². The van der Waals surface area contributed by atoms with Gasteiger partial charge < -0.3 is 10.2 Å². The summed E-state index contributed by atoms with van der Waals surface area (Å²) in [5, 5.41) is 2.88. The third-order valence-electron chi connectivity index (χ3n) is 3.04. The minimum atomic E-state index is 0.0638. The predicted octanol–water partition coefficient (Wildman–Crippen LogP) is 1.75. The van der Waals surface area contributed by atoms with Crippen LogP contribution in [0.2, 0.25) is 0 Å². The molecule has 0 aromatic rings. The first-order valence-corrected chi connectivity index (χ1v) is 8.08. The van der Waals surface area contributed by atoms with E-state index in [9.17, 15) is 9.59 Å². The lowest BCUT2D eigenvalue weighted by molar-refractivity contribution is -0.130. The average Bonchev–Trinajstić information content (AvgIpc) is 2.59. The van der Waals surface area contributed by atoms with Crippen LogP contribution in [-0.2, 0) is 9.59 Å². The summed E-state index contributed by atoms with van der Waals surface area (Å²) in [6, 6.07) is 0. The van der Waals surface area contributed by atoms with E-state index in [1.807, 2.05) is 11.8 Å². The lowest BCUT2D eigenvalue weighted by Crippen LogP contribution is -2.37. The summed E-state index contributed by atoms with van der Waals surface area (Å²) >= 11 is 1.66. The molecule has 19 heavy (non-hydrogen) atoms. The molecular weight excluding hydrogens is 260 g/mol. The van der Waals surface area contributed by atoms with E-state index in [0.29, 0.717) is 18.8 Å². The monoisotopic (exact) mass is 286 g/mol. The highest BCUT2D eigenvalue weighted by molar-refractivity contribution is 7.99. The predicted molar refractivity (Wildman–Crippen MR) is 80.2 cm³/mol. The fourth-order valence-corrected chi connectivity index (χ4v) is 2.95. The van der Waals surface area contributed by atoms with Gasteiger partial charge in [0.15, 0.2) is 0 Å². The summed E-state index contributed by atoms with van der Waals surface area (Å²) in [6.07, 6.45) is 0.939. The van der Waals surface area contributed by atoms with Crippen molar-refractivity contribution < 1.29 is 9.59 Å². The molecule has 110 valence electrons. The van der Waals surface area contributed by atoms with E-state index in [4.69, 9.17) is 0 Å². The number of nitrogens with one attached hydrogen (secondary N) is 1. The van der Waals surface area contributed by atoms with Crippen LogP contribution < -0.4 is 5.32 Å². The van der Waals surface area contributed by atoms with Gasteiger partial charge in [-0.25, -0.2) is 0 Å². The van der Waals surface area contributed by atoms with E-state index >= 15 is 0 Å². The topological polar surface area (TPSA) is 49.4 Å². The Balaban J connectivity index is 2.09. The molecule has 0 saturated carbocycles. The van der Waals surface area contributed by atoms with Gasteiger partial charge in [0.2, 0.25) is 11.8 Å². The second-order valence-corrected chi connectivity index (χ2v) is 7.40. The highest BCUT2D eigenvalue weighted by atomic mass is 32.2. The quantitative estimate of drug-likeness (QED) is 0.809. The van der Waals surface area contributed by atoms with Crippen molar-refractivity contribution >= 4 is 23.6 Å². The number of nitrogens with zero attached hydrogens (tertiary/aromatic N) is 1. The largest absolute Gasteiger partial charge is 0.354 e. The summed E-state index contributed by atoms with van der Waals surface area (Å²) in [6.45, 7) is 10.5. The number of carbonyl (C=O) groups is 2. The fourth-order valence-electron chi connectivity index (χ4n) is 1.95. The number of thioether (sulfide) groups is 1. The van der Waals surface area contributed by atoms with Crippen molar-refractivity contribution in [3.8, 4) is 0 Å².